The zero-order valence-corrected chi connectivity index (χ0v) is 11.5. The van der Waals surface area contributed by atoms with Crippen LogP contribution in [0, 0.1) is 0 Å². The summed E-state index contributed by atoms with van der Waals surface area (Å²) in [6.45, 7) is 2.10. The van der Waals surface area contributed by atoms with Gasteiger partial charge < -0.3 is 10.4 Å². The first-order valence-electron chi connectivity index (χ1n) is 6.57. The zero-order valence-electron chi connectivity index (χ0n) is 10.7. The predicted octanol–water partition coefficient (Wildman–Crippen LogP) is 2.75. The van der Waals surface area contributed by atoms with Crippen molar-refractivity contribution >= 4 is 21.6 Å². The molecule has 3 heterocycles. The molecule has 0 radical (unpaired) electrons. The van der Waals surface area contributed by atoms with Crippen LogP contribution in [0.3, 0.4) is 0 Å². The van der Waals surface area contributed by atoms with E-state index in [-0.39, 0.29) is 5.75 Å². The van der Waals surface area contributed by atoms with Gasteiger partial charge in [-0.05, 0) is 24.3 Å². The van der Waals surface area contributed by atoms with Crippen molar-refractivity contribution in [3.05, 3.63) is 41.3 Å². The van der Waals surface area contributed by atoms with Gasteiger partial charge in [-0.1, -0.05) is 12.1 Å². The smallest absolute Gasteiger partial charge is 0.146 e. The third kappa shape index (κ3) is 1.87. The average molecular weight is 283 g/mol. The van der Waals surface area contributed by atoms with E-state index in [4.69, 9.17) is 0 Å². The Morgan fingerprint density at radius 1 is 1.15 bits per heavy atom. The summed E-state index contributed by atoms with van der Waals surface area (Å²) in [5.74, 6) is 0.850. The van der Waals surface area contributed by atoms with Gasteiger partial charge in [0.05, 0.1) is 5.69 Å². The van der Waals surface area contributed by atoms with E-state index in [1.54, 1.807) is 23.5 Å². The van der Waals surface area contributed by atoms with E-state index in [0.29, 0.717) is 11.6 Å². The lowest BCUT2D eigenvalue weighted by Gasteiger charge is -2.25. The van der Waals surface area contributed by atoms with Crippen LogP contribution in [0.4, 0.5) is 0 Å². The summed E-state index contributed by atoms with van der Waals surface area (Å²) in [7, 11) is 0. The van der Waals surface area contributed by atoms with Gasteiger partial charge in [0.2, 0.25) is 0 Å². The zero-order chi connectivity index (χ0) is 13.5. The average Bonchev–Trinajstić information content (AvgIpc) is 2.79. The van der Waals surface area contributed by atoms with Gasteiger partial charge in [0.15, 0.2) is 0 Å². The molecule has 1 aromatic carbocycles. The van der Waals surface area contributed by atoms with Crippen LogP contribution >= 0.6 is 11.3 Å². The van der Waals surface area contributed by atoms with Crippen LogP contribution in [0.15, 0.2) is 36.4 Å². The maximum absolute atomic E-state index is 9.90. The Bertz CT molecular complexity index is 780. The van der Waals surface area contributed by atoms with Gasteiger partial charge in [-0.3, -0.25) is 0 Å². The molecule has 0 saturated carbocycles. The molecule has 5 heteroatoms. The van der Waals surface area contributed by atoms with Crippen LogP contribution in [-0.4, -0.2) is 28.4 Å². The minimum atomic E-state index is 0.236. The number of nitrogens with zero attached hydrogens (tertiary/aromatic N) is 2. The molecule has 0 amide bonds. The highest BCUT2D eigenvalue weighted by atomic mass is 32.1. The van der Waals surface area contributed by atoms with Crippen LogP contribution in [0.5, 0.6) is 5.75 Å². The molecule has 1 fully saturated rings. The summed E-state index contributed by atoms with van der Waals surface area (Å²) < 4.78 is 0. The number of para-hydroxylation sites is 1. The Balaban J connectivity index is 1.80. The first-order chi connectivity index (χ1) is 9.81. The highest BCUT2D eigenvalue weighted by molar-refractivity contribution is 7.18. The summed E-state index contributed by atoms with van der Waals surface area (Å²) in [6.07, 6.45) is 0. The second-order valence-corrected chi connectivity index (χ2v) is 6.07. The monoisotopic (exact) mass is 283 g/mol. The number of phenols is 1. The maximum atomic E-state index is 9.90. The molecule has 0 spiro atoms. The molecule has 2 N–H and O–H groups in total. The third-order valence-electron chi connectivity index (χ3n) is 3.66. The molecule has 20 heavy (non-hydrogen) atoms. The Morgan fingerprint density at radius 2 is 2.00 bits per heavy atom. The fourth-order valence-corrected chi connectivity index (χ4v) is 3.44. The molecule has 100 valence electrons. The summed E-state index contributed by atoms with van der Waals surface area (Å²) in [4.78, 5) is 2.33. The van der Waals surface area contributed by atoms with E-state index in [0.717, 1.165) is 28.9 Å². The lowest BCUT2D eigenvalue weighted by atomic mass is 10.0. The van der Waals surface area contributed by atoms with E-state index in [2.05, 4.69) is 21.6 Å². The molecule has 1 aliphatic rings. The van der Waals surface area contributed by atoms with Crippen molar-refractivity contribution in [3.63, 3.8) is 0 Å². The van der Waals surface area contributed by atoms with E-state index in [1.807, 2.05) is 18.2 Å². The predicted molar refractivity (Wildman–Crippen MR) is 80.1 cm³/mol. The quantitative estimate of drug-likeness (QED) is 0.759. The topological polar surface area (TPSA) is 58.0 Å². The van der Waals surface area contributed by atoms with Crippen molar-refractivity contribution in [2.45, 2.75) is 5.92 Å². The molecule has 4 rings (SSSR count). The Labute approximate surface area is 120 Å². The Morgan fingerprint density at radius 3 is 2.75 bits per heavy atom. The molecule has 1 saturated heterocycles. The molecular formula is C15H13N3OS. The number of hydrogen-bond acceptors (Lipinski definition) is 5. The summed E-state index contributed by atoms with van der Waals surface area (Å²) in [5.41, 5.74) is 1.44. The van der Waals surface area contributed by atoms with Crippen molar-refractivity contribution in [2.24, 2.45) is 0 Å². The van der Waals surface area contributed by atoms with E-state index < -0.39 is 0 Å². The van der Waals surface area contributed by atoms with E-state index >= 15 is 0 Å². The van der Waals surface area contributed by atoms with Crippen LogP contribution in [0.1, 0.15) is 10.8 Å². The number of rotatable bonds is 2. The van der Waals surface area contributed by atoms with Crippen LogP contribution in [0.2, 0.25) is 0 Å². The molecule has 0 unspecified atom stereocenters. The standard InChI is InChI=1S/C15H13N3OS/c19-13-4-2-1-3-11(13)12-5-9-6-14(10-7-16-8-10)20-15(9)18-17-12/h1-6,10,16,19H,7-8H2. The number of benzene rings is 1. The number of nitrogens with one attached hydrogen (secondary N) is 1. The SMILES string of the molecule is Oc1ccccc1-c1cc2cc(C3CNC3)sc2nn1. The minimum Gasteiger partial charge on any atom is -0.507 e. The van der Waals surface area contributed by atoms with Gasteiger partial charge in [-0.15, -0.1) is 21.5 Å². The largest absolute Gasteiger partial charge is 0.507 e. The second kappa shape index (κ2) is 4.54. The first-order valence-corrected chi connectivity index (χ1v) is 7.39. The number of aromatic nitrogens is 2. The van der Waals surface area contributed by atoms with Crippen molar-refractivity contribution in [1.82, 2.24) is 15.5 Å². The van der Waals surface area contributed by atoms with Gasteiger partial charge in [-0.2, -0.15) is 0 Å². The van der Waals surface area contributed by atoms with Gasteiger partial charge in [0.1, 0.15) is 10.6 Å². The highest BCUT2D eigenvalue weighted by Gasteiger charge is 2.21. The molecule has 1 aliphatic heterocycles. The van der Waals surface area contributed by atoms with E-state index in [1.165, 1.54) is 4.88 Å². The minimum absolute atomic E-state index is 0.236. The number of phenolic OH excluding ortho intramolecular Hbond substituents is 1. The van der Waals surface area contributed by atoms with Crippen molar-refractivity contribution in [2.75, 3.05) is 13.1 Å². The van der Waals surface area contributed by atoms with Crippen LogP contribution in [-0.2, 0) is 0 Å². The molecule has 0 bridgehead atoms. The lowest BCUT2D eigenvalue weighted by molar-refractivity contribution is 0.454. The van der Waals surface area contributed by atoms with Crippen LogP contribution in [0.25, 0.3) is 21.5 Å². The second-order valence-electron chi connectivity index (χ2n) is 5.01. The molecule has 3 aromatic rings. The summed E-state index contributed by atoms with van der Waals surface area (Å²) >= 11 is 1.71. The number of aromatic hydroxyl groups is 1. The Hall–Kier alpha value is -1.98. The fraction of sp³-hybridized carbons (Fsp3) is 0.200. The number of thiophene rings is 1. The van der Waals surface area contributed by atoms with Crippen LogP contribution < -0.4 is 5.32 Å². The number of hydrogen-bond donors (Lipinski definition) is 2. The van der Waals surface area contributed by atoms with Crippen molar-refractivity contribution in [1.29, 1.82) is 0 Å². The van der Waals surface area contributed by atoms with E-state index in [9.17, 15) is 5.11 Å². The summed E-state index contributed by atoms with van der Waals surface area (Å²) in [5, 5.41) is 22.8. The van der Waals surface area contributed by atoms with Crippen molar-refractivity contribution < 1.29 is 5.11 Å². The molecule has 0 aliphatic carbocycles. The first kappa shape index (κ1) is 11.8. The molecular weight excluding hydrogens is 270 g/mol. The van der Waals surface area contributed by atoms with Gasteiger partial charge in [0, 0.05) is 34.8 Å². The van der Waals surface area contributed by atoms with Gasteiger partial charge in [-0.25, -0.2) is 0 Å². The summed E-state index contributed by atoms with van der Waals surface area (Å²) in [6, 6.07) is 11.4. The number of fused-ring (bicyclic) bond motifs is 1. The van der Waals surface area contributed by atoms with Gasteiger partial charge >= 0.3 is 0 Å². The highest BCUT2D eigenvalue weighted by Crippen LogP contribution is 2.34. The maximum Gasteiger partial charge on any atom is 0.146 e. The molecule has 4 nitrogen and oxygen atoms in total. The third-order valence-corrected chi connectivity index (χ3v) is 4.86. The normalized spacial score (nSPS) is 15.4. The Kier molecular flexibility index (Phi) is 2.68. The van der Waals surface area contributed by atoms with Crippen molar-refractivity contribution in [3.8, 4) is 17.0 Å². The molecule has 0 atom stereocenters. The van der Waals surface area contributed by atoms with Gasteiger partial charge in [0.25, 0.3) is 0 Å². The lowest BCUT2D eigenvalue weighted by Crippen LogP contribution is -2.39. The molecule has 2 aromatic heterocycles. The fourth-order valence-electron chi connectivity index (χ4n) is 2.38.